The van der Waals surface area contributed by atoms with Crippen molar-refractivity contribution in [1.29, 1.82) is 0 Å². The van der Waals surface area contributed by atoms with Crippen molar-refractivity contribution in [2.24, 2.45) is 5.92 Å². The highest BCUT2D eigenvalue weighted by atomic mass is 35.5. The van der Waals surface area contributed by atoms with Crippen LogP contribution in [0.5, 0.6) is 0 Å². The summed E-state index contributed by atoms with van der Waals surface area (Å²) in [5.41, 5.74) is 2.19. The van der Waals surface area contributed by atoms with Crippen molar-refractivity contribution >= 4 is 38.9 Å². The van der Waals surface area contributed by atoms with E-state index in [1.807, 2.05) is 11.8 Å². The number of amides is 1. The number of halogens is 1. The minimum Gasteiger partial charge on any atom is -0.309 e. The van der Waals surface area contributed by atoms with Gasteiger partial charge in [0.25, 0.3) is 10.0 Å². The Hall–Kier alpha value is -2.05. The summed E-state index contributed by atoms with van der Waals surface area (Å²) < 4.78 is 28.0. The summed E-state index contributed by atoms with van der Waals surface area (Å²) in [6, 6.07) is 11.6. The Balaban J connectivity index is 1.60. The van der Waals surface area contributed by atoms with E-state index in [2.05, 4.69) is 4.72 Å². The Labute approximate surface area is 164 Å². The van der Waals surface area contributed by atoms with E-state index in [-0.39, 0.29) is 22.8 Å². The second kappa shape index (κ2) is 6.84. The van der Waals surface area contributed by atoms with Crippen molar-refractivity contribution in [3.05, 3.63) is 53.1 Å². The third-order valence-corrected chi connectivity index (χ3v) is 7.00. The monoisotopic (exact) mass is 404 g/mol. The van der Waals surface area contributed by atoms with Gasteiger partial charge in [-0.2, -0.15) is 0 Å². The number of carbonyl (C=O) groups is 1. The number of carbonyl (C=O) groups excluding carboxylic acids is 1. The van der Waals surface area contributed by atoms with E-state index in [4.69, 9.17) is 11.6 Å². The highest BCUT2D eigenvalue weighted by Gasteiger charge is 2.37. The number of anilines is 2. The number of hydrogen-bond donors (Lipinski definition) is 1. The second-order valence-corrected chi connectivity index (χ2v) is 9.41. The first-order chi connectivity index (χ1) is 12.8. The molecule has 142 valence electrons. The average Bonchev–Trinajstić information content (AvgIpc) is 2.90. The molecule has 2 aliphatic rings. The van der Waals surface area contributed by atoms with Crippen LogP contribution >= 0.6 is 11.6 Å². The quantitative estimate of drug-likeness (QED) is 0.829. The molecular formula is C20H21ClN2O3S. The molecule has 0 bridgehead atoms. The molecule has 1 fully saturated rings. The summed E-state index contributed by atoms with van der Waals surface area (Å²) in [4.78, 5) is 14.8. The summed E-state index contributed by atoms with van der Waals surface area (Å²) in [7, 11) is -3.71. The molecule has 1 aliphatic heterocycles. The largest absolute Gasteiger partial charge is 0.309 e. The van der Waals surface area contributed by atoms with Gasteiger partial charge in [0.1, 0.15) is 0 Å². The van der Waals surface area contributed by atoms with Crippen LogP contribution in [-0.2, 0) is 21.2 Å². The lowest BCUT2D eigenvalue weighted by Crippen LogP contribution is -2.42. The fraction of sp³-hybridized carbons (Fsp3) is 0.350. The van der Waals surface area contributed by atoms with Gasteiger partial charge in [0.2, 0.25) is 5.91 Å². The van der Waals surface area contributed by atoms with Crippen LogP contribution in [0.4, 0.5) is 11.4 Å². The van der Waals surface area contributed by atoms with Gasteiger partial charge in [-0.25, -0.2) is 8.42 Å². The third kappa shape index (κ3) is 3.44. The number of hydrogen-bond acceptors (Lipinski definition) is 3. The zero-order valence-electron chi connectivity index (χ0n) is 15.0. The van der Waals surface area contributed by atoms with E-state index in [1.165, 1.54) is 0 Å². The van der Waals surface area contributed by atoms with Crippen molar-refractivity contribution in [2.45, 2.75) is 43.5 Å². The highest BCUT2D eigenvalue weighted by Crippen LogP contribution is 2.38. The van der Waals surface area contributed by atoms with Crippen molar-refractivity contribution in [3.63, 3.8) is 0 Å². The van der Waals surface area contributed by atoms with Gasteiger partial charge in [-0.05, 0) is 74.2 Å². The zero-order valence-corrected chi connectivity index (χ0v) is 16.6. The molecule has 4 rings (SSSR count). The molecule has 2 aromatic rings. The fourth-order valence-corrected chi connectivity index (χ4v) is 4.93. The molecule has 5 nitrogen and oxygen atoms in total. The maximum Gasteiger partial charge on any atom is 0.261 e. The molecule has 1 atom stereocenters. The Morgan fingerprint density at radius 1 is 1.15 bits per heavy atom. The number of nitrogens with zero attached hydrogens (tertiary/aromatic N) is 1. The van der Waals surface area contributed by atoms with Gasteiger partial charge in [0.05, 0.1) is 4.90 Å². The maximum atomic E-state index is 12.7. The predicted molar refractivity (Wildman–Crippen MR) is 107 cm³/mol. The van der Waals surface area contributed by atoms with Crippen LogP contribution in [-0.4, -0.2) is 20.4 Å². The second-order valence-electron chi connectivity index (χ2n) is 7.29. The van der Waals surface area contributed by atoms with Crippen molar-refractivity contribution in [2.75, 3.05) is 9.62 Å². The fourth-order valence-electron chi connectivity index (χ4n) is 3.69. The van der Waals surface area contributed by atoms with Gasteiger partial charge in [0, 0.05) is 28.4 Å². The van der Waals surface area contributed by atoms with Gasteiger partial charge >= 0.3 is 0 Å². The van der Waals surface area contributed by atoms with Gasteiger partial charge in [0.15, 0.2) is 0 Å². The van der Waals surface area contributed by atoms with Gasteiger partial charge in [-0.3, -0.25) is 9.52 Å². The molecule has 2 aromatic carbocycles. The zero-order chi connectivity index (χ0) is 19.2. The number of benzene rings is 2. The Bertz CT molecular complexity index is 985. The molecule has 1 saturated carbocycles. The lowest BCUT2D eigenvalue weighted by atomic mass is 9.84. The molecule has 7 heteroatoms. The molecule has 0 aromatic heterocycles. The SMILES string of the molecule is CC1Cc2cc(S(=O)(=O)Nc3ccc(Cl)cc3)ccc2N1C(=O)C1CCC1. The van der Waals surface area contributed by atoms with Gasteiger partial charge in [-0.1, -0.05) is 18.0 Å². The smallest absolute Gasteiger partial charge is 0.261 e. The number of rotatable bonds is 4. The Morgan fingerprint density at radius 3 is 2.48 bits per heavy atom. The molecule has 1 N–H and O–H groups in total. The molecule has 0 spiro atoms. The third-order valence-electron chi connectivity index (χ3n) is 5.37. The molecular weight excluding hydrogens is 384 g/mol. The van der Waals surface area contributed by atoms with Crippen LogP contribution in [0.2, 0.25) is 5.02 Å². The first-order valence-corrected chi connectivity index (χ1v) is 11.0. The molecule has 27 heavy (non-hydrogen) atoms. The first kappa shape index (κ1) is 18.3. The lowest BCUT2D eigenvalue weighted by Gasteiger charge is -2.32. The van der Waals surface area contributed by atoms with Crippen LogP contribution in [0, 0.1) is 5.92 Å². The summed E-state index contributed by atoms with van der Waals surface area (Å²) in [5, 5.41) is 0.542. The van der Waals surface area contributed by atoms with Crippen LogP contribution in [0.15, 0.2) is 47.4 Å². The predicted octanol–water partition coefficient (Wildman–Crippen LogP) is 4.22. The van der Waals surface area contributed by atoms with Gasteiger partial charge in [-0.15, -0.1) is 0 Å². The van der Waals surface area contributed by atoms with Crippen molar-refractivity contribution < 1.29 is 13.2 Å². The van der Waals surface area contributed by atoms with E-state index in [1.54, 1.807) is 42.5 Å². The summed E-state index contributed by atoms with van der Waals surface area (Å²) in [6.07, 6.45) is 3.68. The van der Waals surface area contributed by atoms with E-state index in [9.17, 15) is 13.2 Å². The topological polar surface area (TPSA) is 66.5 Å². The number of fused-ring (bicyclic) bond motifs is 1. The Kier molecular flexibility index (Phi) is 4.64. The molecule has 1 unspecified atom stereocenters. The minimum atomic E-state index is -3.71. The number of sulfonamides is 1. The molecule has 0 radical (unpaired) electrons. The molecule has 1 amide bonds. The van der Waals surface area contributed by atoms with Crippen LogP contribution in [0.3, 0.4) is 0 Å². The molecule has 1 aliphatic carbocycles. The summed E-state index contributed by atoms with van der Waals surface area (Å²) in [5.74, 6) is 0.288. The van der Waals surface area contributed by atoms with E-state index in [0.29, 0.717) is 17.1 Å². The first-order valence-electron chi connectivity index (χ1n) is 9.09. The van der Waals surface area contributed by atoms with Crippen LogP contribution in [0.1, 0.15) is 31.7 Å². The van der Waals surface area contributed by atoms with Crippen molar-refractivity contribution in [3.8, 4) is 0 Å². The minimum absolute atomic E-state index is 0.0512. The standard InChI is InChI=1S/C20H21ClN2O3S/c1-13-11-15-12-18(27(25,26)22-17-7-5-16(21)6-8-17)9-10-19(15)23(13)20(24)14-3-2-4-14/h5-10,12-14,22H,2-4,11H2,1H3. The highest BCUT2D eigenvalue weighted by molar-refractivity contribution is 7.92. The summed E-state index contributed by atoms with van der Waals surface area (Å²) >= 11 is 5.84. The van der Waals surface area contributed by atoms with E-state index >= 15 is 0 Å². The Morgan fingerprint density at radius 2 is 1.85 bits per heavy atom. The van der Waals surface area contributed by atoms with E-state index in [0.717, 1.165) is 30.5 Å². The van der Waals surface area contributed by atoms with Crippen molar-refractivity contribution in [1.82, 2.24) is 0 Å². The van der Waals surface area contributed by atoms with Crippen LogP contribution in [0.25, 0.3) is 0 Å². The molecule has 0 saturated heterocycles. The van der Waals surface area contributed by atoms with Gasteiger partial charge < -0.3 is 4.90 Å². The molecule has 1 heterocycles. The summed E-state index contributed by atoms with van der Waals surface area (Å²) in [6.45, 7) is 2.01. The van der Waals surface area contributed by atoms with E-state index < -0.39 is 10.0 Å². The number of nitrogens with one attached hydrogen (secondary N) is 1. The van der Waals surface area contributed by atoms with Crippen LogP contribution < -0.4 is 9.62 Å². The lowest BCUT2D eigenvalue weighted by molar-refractivity contribution is -0.125. The maximum absolute atomic E-state index is 12.7. The normalized spacial score (nSPS) is 19.5. The average molecular weight is 405 g/mol.